The zero-order valence-corrected chi connectivity index (χ0v) is 16.8. The van der Waals surface area contributed by atoms with Gasteiger partial charge in [-0.15, -0.1) is 11.3 Å². The first-order chi connectivity index (χ1) is 13.2. The van der Waals surface area contributed by atoms with Gasteiger partial charge in [0.1, 0.15) is 12.0 Å². The highest BCUT2D eigenvalue weighted by Crippen LogP contribution is 2.23. The van der Waals surface area contributed by atoms with Crippen molar-refractivity contribution in [3.8, 4) is 10.8 Å². The van der Waals surface area contributed by atoms with Crippen molar-refractivity contribution < 1.29 is 4.42 Å². The third kappa shape index (κ3) is 5.43. The molecule has 7 nitrogen and oxygen atoms in total. The molecule has 0 unspecified atom stereocenters. The van der Waals surface area contributed by atoms with Gasteiger partial charge in [0.05, 0.1) is 17.1 Å². The van der Waals surface area contributed by atoms with Crippen LogP contribution in [0.3, 0.4) is 0 Å². The molecule has 3 heterocycles. The Balaban J connectivity index is 1.49. The quantitative estimate of drug-likeness (QED) is 0.352. The van der Waals surface area contributed by atoms with E-state index in [2.05, 4.69) is 45.6 Å². The van der Waals surface area contributed by atoms with Crippen molar-refractivity contribution in [1.82, 2.24) is 25.4 Å². The first-order valence-electron chi connectivity index (χ1n) is 9.17. The molecule has 0 atom stereocenters. The van der Waals surface area contributed by atoms with Gasteiger partial charge >= 0.3 is 0 Å². The number of nitrogens with zero attached hydrogens (tertiary/aromatic N) is 4. The van der Waals surface area contributed by atoms with Gasteiger partial charge in [0.2, 0.25) is 5.89 Å². The van der Waals surface area contributed by atoms with Crippen LogP contribution < -0.4 is 10.6 Å². The van der Waals surface area contributed by atoms with Crippen molar-refractivity contribution in [3.63, 3.8) is 0 Å². The maximum Gasteiger partial charge on any atom is 0.236 e. The largest absolute Gasteiger partial charge is 0.443 e. The third-order valence-corrected chi connectivity index (χ3v) is 4.83. The number of aromatic nitrogens is 3. The maximum atomic E-state index is 5.54. The Labute approximate surface area is 163 Å². The molecule has 0 bridgehead atoms. The first kappa shape index (κ1) is 19.2. The minimum absolute atomic E-state index is 0.474. The predicted octanol–water partition coefficient (Wildman–Crippen LogP) is 3.36. The third-order valence-electron chi connectivity index (χ3n) is 3.97. The van der Waals surface area contributed by atoms with Crippen LogP contribution in [0.15, 0.2) is 39.3 Å². The van der Waals surface area contributed by atoms with Crippen LogP contribution in [0.5, 0.6) is 0 Å². The monoisotopic (exact) mass is 386 g/mol. The van der Waals surface area contributed by atoms with Crippen molar-refractivity contribution in [1.29, 1.82) is 0 Å². The Hall–Kier alpha value is -2.61. The van der Waals surface area contributed by atoms with Crippen LogP contribution in [-0.2, 0) is 13.1 Å². The van der Waals surface area contributed by atoms with Crippen molar-refractivity contribution in [2.75, 3.05) is 13.1 Å². The van der Waals surface area contributed by atoms with Gasteiger partial charge in [0.25, 0.3) is 0 Å². The lowest BCUT2D eigenvalue weighted by atomic mass is 10.4. The molecule has 0 radical (unpaired) electrons. The van der Waals surface area contributed by atoms with Crippen molar-refractivity contribution in [3.05, 3.63) is 46.9 Å². The van der Waals surface area contributed by atoms with Gasteiger partial charge in [-0.1, -0.05) is 6.07 Å². The second-order valence-electron chi connectivity index (χ2n) is 6.25. The van der Waals surface area contributed by atoms with Crippen molar-refractivity contribution >= 4 is 17.3 Å². The molecular weight excluding hydrogens is 360 g/mol. The van der Waals surface area contributed by atoms with Gasteiger partial charge in [0, 0.05) is 25.3 Å². The number of nitrogens with one attached hydrogen (secondary N) is 2. The lowest BCUT2D eigenvalue weighted by Crippen LogP contribution is -2.38. The highest BCUT2D eigenvalue weighted by atomic mass is 32.1. The molecule has 0 aromatic carbocycles. The maximum absolute atomic E-state index is 5.54. The molecule has 2 N–H and O–H groups in total. The first-order valence-corrected chi connectivity index (χ1v) is 10.0. The SMILES string of the molecule is CCNC(=NCc1coc(-c2cccs2)n1)NCCCn1nc(C)cc1C. The highest BCUT2D eigenvalue weighted by molar-refractivity contribution is 7.13. The van der Waals surface area contributed by atoms with Crippen LogP contribution >= 0.6 is 11.3 Å². The summed E-state index contributed by atoms with van der Waals surface area (Å²) < 4.78 is 7.59. The lowest BCUT2D eigenvalue weighted by molar-refractivity contribution is 0.555. The van der Waals surface area contributed by atoms with Gasteiger partial charge in [-0.05, 0) is 44.7 Å². The molecule has 144 valence electrons. The van der Waals surface area contributed by atoms with E-state index in [9.17, 15) is 0 Å². The van der Waals surface area contributed by atoms with Crippen molar-refractivity contribution in [2.24, 2.45) is 4.99 Å². The van der Waals surface area contributed by atoms with E-state index in [4.69, 9.17) is 4.42 Å². The Morgan fingerprint density at radius 1 is 1.33 bits per heavy atom. The number of rotatable bonds is 8. The van der Waals surface area contributed by atoms with Crippen LogP contribution in [0.25, 0.3) is 10.8 Å². The molecule has 0 amide bonds. The standard InChI is InChI=1S/C19H26N6OS/c1-4-20-19(21-8-6-9-25-15(3)11-14(2)24-25)22-12-16-13-26-18(23-16)17-7-5-10-27-17/h5,7,10-11,13H,4,6,8-9,12H2,1-3H3,(H2,20,21,22). The van der Waals surface area contributed by atoms with Crippen LogP contribution in [0, 0.1) is 13.8 Å². The van der Waals surface area contributed by atoms with E-state index in [-0.39, 0.29) is 0 Å². The summed E-state index contributed by atoms with van der Waals surface area (Å²) >= 11 is 1.61. The molecule has 8 heteroatoms. The fourth-order valence-electron chi connectivity index (χ4n) is 2.73. The van der Waals surface area contributed by atoms with Gasteiger partial charge < -0.3 is 15.1 Å². The molecule has 0 aliphatic heterocycles. The topological polar surface area (TPSA) is 80.3 Å². The Kier molecular flexibility index (Phi) is 6.64. The average Bonchev–Trinajstić information content (AvgIpc) is 3.38. The molecular formula is C19H26N6OS. The predicted molar refractivity (Wildman–Crippen MR) is 109 cm³/mol. The fraction of sp³-hybridized carbons (Fsp3) is 0.421. The van der Waals surface area contributed by atoms with Crippen LogP contribution in [0.4, 0.5) is 0 Å². The second-order valence-corrected chi connectivity index (χ2v) is 7.19. The zero-order valence-electron chi connectivity index (χ0n) is 16.0. The number of aliphatic imine (C=N–C) groups is 1. The summed E-state index contributed by atoms with van der Waals surface area (Å²) in [6, 6.07) is 6.08. The van der Waals surface area contributed by atoms with E-state index in [1.807, 2.05) is 29.1 Å². The number of aryl methyl sites for hydroxylation is 3. The minimum Gasteiger partial charge on any atom is -0.443 e. The molecule has 3 aromatic heterocycles. The second kappa shape index (κ2) is 9.36. The molecule has 0 aliphatic rings. The number of hydrogen-bond acceptors (Lipinski definition) is 5. The number of hydrogen-bond donors (Lipinski definition) is 2. The highest BCUT2D eigenvalue weighted by Gasteiger charge is 2.07. The Morgan fingerprint density at radius 3 is 2.93 bits per heavy atom. The van der Waals surface area contributed by atoms with Gasteiger partial charge in [0.15, 0.2) is 5.96 Å². The molecule has 0 aliphatic carbocycles. The van der Waals surface area contributed by atoms with Gasteiger partial charge in [-0.2, -0.15) is 5.10 Å². The van der Waals surface area contributed by atoms with Gasteiger partial charge in [-0.25, -0.2) is 9.98 Å². The summed E-state index contributed by atoms with van der Waals surface area (Å²) in [4.78, 5) is 10.1. The average molecular weight is 387 g/mol. The lowest BCUT2D eigenvalue weighted by Gasteiger charge is -2.11. The molecule has 0 fully saturated rings. The van der Waals surface area contributed by atoms with Crippen LogP contribution in [0.1, 0.15) is 30.4 Å². The van der Waals surface area contributed by atoms with E-state index in [0.29, 0.717) is 12.4 Å². The summed E-state index contributed by atoms with van der Waals surface area (Å²) in [5.41, 5.74) is 3.07. The number of thiophene rings is 1. The summed E-state index contributed by atoms with van der Waals surface area (Å²) in [5, 5.41) is 13.1. The van der Waals surface area contributed by atoms with E-state index in [1.54, 1.807) is 17.6 Å². The van der Waals surface area contributed by atoms with Crippen LogP contribution in [0.2, 0.25) is 0 Å². The summed E-state index contributed by atoms with van der Waals surface area (Å²) in [7, 11) is 0. The summed E-state index contributed by atoms with van der Waals surface area (Å²) in [6.45, 7) is 9.15. The molecule has 0 spiro atoms. The van der Waals surface area contributed by atoms with E-state index in [0.717, 1.165) is 48.3 Å². The fourth-order valence-corrected chi connectivity index (χ4v) is 3.39. The molecule has 3 aromatic rings. The van der Waals surface area contributed by atoms with E-state index in [1.165, 1.54) is 5.69 Å². The minimum atomic E-state index is 0.474. The van der Waals surface area contributed by atoms with E-state index < -0.39 is 0 Å². The molecule has 27 heavy (non-hydrogen) atoms. The molecule has 0 saturated heterocycles. The Morgan fingerprint density at radius 2 is 2.22 bits per heavy atom. The Bertz CT molecular complexity index is 865. The van der Waals surface area contributed by atoms with E-state index >= 15 is 0 Å². The normalized spacial score (nSPS) is 11.7. The van der Waals surface area contributed by atoms with Gasteiger partial charge in [-0.3, -0.25) is 4.68 Å². The van der Waals surface area contributed by atoms with Crippen LogP contribution in [-0.4, -0.2) is 33.8 Å². The smallest absolute Gasteiger partial charge is 0.236 e. The summed E-state index contributed by atoms with van der Waals surface area (Å²) in [6.07, 6.45) is 2.64. The molecule has 0 saturated carbocycles. The molecule has 3 rings (SSSR count). The number of oxazole rings is 1. The zero-order chi connectivity index (χ0) is 19.1. The summed E-state index contributed by atoms with van der Waals surface area (Å²) in [5.74, 6) is 1.43. The number of guanidine groups is 1. The van der Waals surface area contributed by atoms with Crippen molar-refractivity contribution in [2.45, 2.75) is 40.3 Å².